The highest BCUT2D eigenvalue weighted by Gasteiger charge is 2.20. The second kappa shape index (κ2) is 6.52. The average Bonchev–Trinajstić information content (AvgIpc) is 3.14. The Bertz CT molecular complexity index is 718. The lowest BCUT2D eigenvalue weighted by Crippen LogP contribution is -2.34. The van der Waals surface area contributed by atoms with E-state index < -0.39 is 0 Å². The molecular weight excluding hydrogens is 290 g/mol. The summed E-state index contributed by atoms with van der Waals surface area (Å²) in [6.07, 6.45) is 5.01. The molecule has 120 valence electrons. The first-order chi connectivity index (χ1) is 11.4. The Morgan fingerprint density at radius 3 is 3.09 bits per heavy atom. The van der Waals surface area contributed by atoms with Crippen molar-refractivity contribution >= 4 is 11.0 Å². The van der Waals surface area contributed by atoms with E-state index in [0.717, 1.165) is 56.1 Å². The minimum absolute atomic E-state index is 0.168. The van der Waals surface area contributed by atoms with Gasteiger partial charge in [0.2, 0.25) is 0 Å². The van der Waals surface area contributed by atoms with Gasteiger partial charge in [-0.25, -0.2) is 4.98 Å². The van der Waals surface area contributed by atoms with Crippen molar-refractivity contribution in [3.8, 4) is 0 Å². The molecule has 1 aliphatic rings. The van der Waals surface area contributed by atoms with Crippen LogP contribution in [0.4, 0.5) is 0 Å². The van der Waals surface area contributed by atoms with Crippen molar-refractivity contribution in [1.82, 2.24) is 24.6 Å². The maximum Gasteiger partial charge on any atom is 0.121 e. The van der Waals surface area contributed by atoms with Gasteiger partial charge in [0.05, 0.1) is 30.2 Å². The van der Waals surface area contributed by atoms with Crippen molar-refractivity contribution in [2.75, 3.05) is 19.7 Å². The summed E-state index contributed by atoms with van der Waals surface area (Å²) in [6, 6.07) is 10.1. The Kier molecular flexibility index (Phi) is 4.08. The summed E-state index contributed by atoms with van der Waals surface area (Å²) in [5.74, 6) is 1.02. The number of nitrogens with zero attached hydrogens (tertiary/aromatic N) is 4. The molecule has 4 rings (SSSR count). The monoisotopic (exact) mass is 311 g/mol. The molecule has 1 aromatic carbocycles. The summed E-state index contributed by atoms with van der Waals surface area (Å²) in [6.45, 7) is 4.36. The van der Waals surface area contributed by atoms with Gasteiger partial charge in [-0.2, -0.15) is 5.10 Å². The molecule has 0 saturated carbocycles. The van der Waals surface area contributed by atoms with Gasteiger partial charge < -0.3 is 9.72 Å². The van der Waals surface area contributed by atoms with Crippen LogP contribution in [0.3, 0.4) is 0 Å². The van der Waals surface area contributed by atoms with Gasteiger partial charge >= 0.3 is 0 Å². The van der Waals surface area contributed by atoms with Gasteiger partial charge in [-0.15, -0.1) is 0 Å². The molecule has 1 N–H and O–H groups in total. The van der Waals surface area contributed by atoms with Gasteiger partial charge in [0.1, 0.15) is 5.82 Å². The summed E-state index contributed by atoms with van der Waals surface area (Å²) in [5.41, 5.74) is 2.13. The molecule has 1 atom stereocenters. The Morgan fingerprint density at radius 2 is 2.22 bits per heavy atom. The van der Waals surface area contributed by atoms with Crippen molar-refractivity contribution in [3.63, 3.8) is 0 Å². The minimum atomic E-state index is 0.168. The molecular formula is C17H21N5O. The predicted octanol–water partition coefficient (Wildman–Crippen LogP) is 2.05. The molecule has 0 spiro atoms. The van der Waals surface area contributed by atoms with E-state index in [0.29, 0.717) is 0 Å². The Balaban J connectivity index is 1.44. The van der Waals surface area contributed by atoms with Crippen LogP contribution in [-0.4, -0.2) is 50.4 Å². The molecule has 0 bridgehead atoms. The van der Waals surface area contributed by atoms with Crippen molar-refractivity contribution in [2.45, 2.75) is 25.6 Å². The third-order valence-electron chi connectivity index (χ3n) is 4.20. The zero-order valence-corrected chi connectivity index (χ0v) is 13.1. The highest BCUT2D eigenvalue weighted by molar-refractivity contribution is 5.74. The summed E-state index contributed by atoms with van der Waals surface area (Å²) < 4.78 is 7.91. The quantitative estimate of drug-likeness (QED) is 0.801. The van der Waals surface area contributed by atoms with E-state index in [1.54, 1.807) is 0 Å². The van der Waals surface area contributed by atoms with Gasteiger partial charge in [0, 0.05) is 32.1 Å². The first kappa shape index (κ1) is 14.4. The van der Waals surface area contributed by atoms with E-state index in [2.05, 4.69) is 26.0 Å². The summed E-state index contributed by atoms with van der Waals surface area (Å²) >= 11 is 0. The lowest BCUT2D eigenvalue weighted by Gasteiger charge is -2.22. The van der Waals surface area contributed by atoms with E-state index in [-0.39, 0.29) is 6.10 Å². The van der Waals surface area contributed by atoms with E-state index in [1.807, 2.05) is 41.3 Å². The molecule has 23 heavy (non-hydrogen) atoms. The van der Waals surface area contributed by atoms with Gasteiger partial charge in [0.25, 0.3) is 0 Å². The van der Waals surface area contributed by atoms with Crippen LogP contribution in [-0.2, 0) is 17.8 Å². The maximum atomic E-state index is 5.97. The number of aromatic amines is 1. The first-order valence-electron chi connectivity index (χ1n) is 8.12. The molecule has 1 aliphatic heterocycles. The van der Waals surface area contributed by atoms with Crippen LogP contribution in [0.1, 0.15) is 12.2 Å². The molecule has 1 fully saturated rings. The van der Waals surface area contributed by atoms with Crippen LogP contribution in [0.2, 0.25) is 0 Å². The Morgan fingerprint density at radius 1 is 1.26 bits per heavy atom. The fraction of sp³-hybridized carbons (Fsp3) is 0.412. The second-order valence-electron chi connectivity index (χ2n) is 6.01. The number of benzene rings is 1. The number of fused-ring (bicyclic) bond motifs is 1. The smallest absolute Gasteiger partial charge is 0.121 e. The highest BCUT2D eigenvalue weighted by atomic mass is 16.5. The standard InChI is InChI=1S/C17H21N5O/c1-2-6-16-15(5-1)19-17(20-16)13-21-8-4-10-23-14(11-21)12-22-9-3-7-18-22/h1-3,5-7,9,14H,4,8,10-13H2,(H,19,20)/t14-/m1/s1. The van der Waals surface area contributed by atoms with Gasteiger partial charge in [0.15, 0.2) is 0 Å². The number of aromatic nitrogens is 4. The zero-order chi connectivity index (χ0) is 15.5. The third-order valence-corrected chi connectivity index (χ3v) is 4.20. The predicted molar refractivity (Wildman–Crippen MR) is 88.0 cm³/mol. The minimum Gasteiger partial charge on any atom is -0.375 e. The van der Waals surface area contributed by atoms with Crippen molar-refractivity contribution in [3.05, 3.63) is 48.5 Å². The number of imidazole rings is 1. The molecule has 0 radical (unpaired) electrons. The number of hydrogen-bond donors (Lipinski definition) is 1. The number of para-hydroxylation sites is 2. The molecule has 1 saturated heterocycles. The zero-order valence-electron chi connectivity index (χ0n) is 13.1. The van der Waals surface area contributed by atoms with Crippen LogP contribution in [0, 0.1) is 0 Å². The SMILES string of the molecule is c1ccc2[nH]c(CN3CCCO[C@@H](Cn4cccn4)C3)nc2c1. The van der Waals surface area contributed by atoms with E-state index in [4.69, 9.17) is 4.74 Å². The van der Waals surface area contributed by atoms with Gasteiger partial charge in [-0.1, -0.05) is 12.1 Å². The lowest BCUT2D eigenvalue weighted by molar-refractivity contribution is 0.0389. The summed E-state index contributed by atoms with van der Waals surface area (Å²) in [5, 5.41) is 4.28. The lowest BCUT2D eigenvalue weighted by atomic mass is 10.3. The fourth-order valence-corrected chi connectivity index (χ4v) is 3.13. The van der Waals surface area contributed by atoms with E-state index >= 15 is 0 Å². The molecule has 2 aromatic heterocycles. The van der Waals surface area contributed by atoms with Crippen molar-refractivity contribution < 1.29 is 4.74 Å². The number of H-pyrrole nitrogens is 1. The van der Waals surface area contributed by atoms with Crippen LogP contribution in [0.5, 0.6) is 0 Å². The topological polar surface area (TPSA) is 59.0 Å². The number of ether oxygens (including phenoxy) is 1. The van der Waals surface area contributed by atoms with Crippen LogP contribution >= 0.6 is 0 Å². The highest BCUT2D eigenvalue weighted by Crippen LogP contribution is 2.14. The van der Waals surface area contributed by atoms with E-state index in [9.17, 15) is 0 Å². The molecule has 6 heteroatoms. The number of nitrogens with one attached hydrogen (secondary N) is 1. The summed E-state index contributed by atoms with van der Waals surface area (Å²) in [7, 11) is 0. The normalized spacial score (nSPS) is 19.9. The van der Waals surface area contributed by atoms with Gasteiger partial charge in [-0.3, -0.25) is 9.58 Å². The Labute approximate surface area is 135 Å². The van der Waals surface area contributed by atoms with Crippen LogP contribution < -0.4 is 0 Å². The summed E-state index contributed by atoms with van der Waals surface area (Å²) in [4.78, 5) is 10.5. The van der Waals surface area contributed by atoms with Gasteiger partial charge in [-0.05, 0) is 24.6 Å². The Hall–Kier alpha value is -2.18. The van der Waals surface area contributed by atoms with E-state index in [1.165, 1.54) is 0 Å². The largest absolute Gasteiger partial charge is 0.375 e. The molecule has 0 unspecified atom stereocenters. The number of hydrogen-bond acceptors (Lipinski definition) is 4. The van der Waals surface area contributed by atoms with Crippen LogP contribution in [0.15, 0.2) is 42.7 Å². The number of rotatable bonds is 4. The fourth-order valence-electron chi connectivity index (χ4n) is 3.13. The second-order valence-corrected chi connectivity index (χ2v) is 6.01. The van der Waals surface area contributed by atoms with Crippen molar-refractivity contribution in [2.24, 2.45) is 0 Å². The van der Waals surface area contributed by atoms with Crippen molar-refractivity contribution in [1.29, 1.82) is 0 Å². The molecule has 0 amide bonds. The molecule has 3 aromatic rings. The molecule has 6 nitrogen and oxygen atoms in total. The molecule has 0 aliphatic carbocycles. The molecule has 3 heterocycles. The maximum absolute atomic E-state index is 5.97. The first-order valence-corrected chi connectivity index (χ1v) is 8.12. The van der Waals surface area contributed by atoms with Crippen LogP contribution in [0.25, 0.3) is 11.0 Å². The third kappa shape index (κ3) is 3.43. The average molecular weight is 311 g/mol.